The third kappa shape index (κ3) is 3.03. The van der Waals surface area contributed by atoms with Crippen molar-refractivity contribution >= 4 is 11.3 Å². The maximum Gasteiger partial charge on any atom is 0.267 e. The molecular formula is C17H15N3O3S. The van der Waals surface area contributed by atoms with E-state index in [9.17, 15) is 4.79 Å². The molecule has 3 aromatic rings. The average Bonchev–Trinajstić information content (AvgIpc) is 2.99. The first kappa shape index (κ1) is 14.9. The largest absolute Gasteiger partial charge is 0.490 e. The molecule has 0 unspecified atom stereocenters. The van der Waals surface area contributed by atoms with Gasteiger partial charge in [-0.1, -0.05) is 0 Å². The van der Waals surface area contributed by atoms with E-state index in [1.54, 1.807) is 12.3 Å². The van der Waals surface area contributed by atoms with E-state index in [0.717, 1.165) is 22.7 Å². The van der Waals surface area contributed by atoms with Gasteiger partial charge in [-0.3, -0.25) is 4.79 Å². The van der Waals surface area contributed by atoms with Gasteiger partial charge in [-0.15, -0.1) is 11.3 Å². The van der Waals surface area contributed by atoms with Crippen LogP contribution >= 0.6 is 11.3 Å². The molecule has 0 fully saturated rings. The molecule has 0 radical (unpaired) electrons. The smallest absolute Gasteiger partial charge is 0.267 e. The second-order valence-corrected chi connectivity index (χ2v) is 6.33. The quantitative estimate of drug-likeness (QED) is 0.732. The molecule has 3 heterocycles. The molecule has 0 N–H and O–H groups in total. The summed E-state index contributed by atoms with van der Waals surface area (Å²) in [7, 11) is 0. The van der Waals surface area contributed by atoms with Gasteiger partial charge in [-0.05, 0) is 24.3 Å². The van der Waals surface area contributed by atoms with Crippen LogP contribution in [0.25, 0.3) is 11.3 Å². The van der Waals surface area contributed by atoms with E-state index in [0.29, 0.717) is 31.2 Å². The van der Waals surface area contributed by atoms with Gasteiger partial charge in [0, 0.05) is 29.6 Å². The number of fused-ring (bicyclic) bond motifs is 1. The zero-order valence-electron chi connectivity index (χ0n) is 12.8. The summed E-state index contributed by atoms with van der Waals surface area (Å²) in [5.41, 5.74) is 1.44. The molecule has 122 valence electrons. The number of thiazole rings is 1. The lowest BCUT2D eigenvalue weighted by atomic mass is 10.1. The molecule has 1 aromatic carbocycles. The topological polar surface area (TPSA) is 66.2 Å². The van der Waals surface area contributed by atoms with Crippen molar-refractivity contribution in [3.63, 3.8) is 0 Å². The monoisotopic (exact) mass is 341 g/mol. The lowest BCUT2D eigenvalue weighted by molar-refractivity contribution is 0.297. The highest BCUT2D eigenvalue weighted by Gasteiger charge is 2.13. The maximum atomic E-state index is 12.0. The normalized spacial score (nSPS) is 13.5. The lowest BCUT2D eigenvalue weighted by Gasteiger charge is -2.10. The summed E-state index contributed by atoms with van der Waals surface area (Å²) in [6.45, 7) is 1.66. The number of hydrogen-bond acceptors (Lipinski definition) is 6. The lowest BCUT2D eigenvalue weighted by Crippen LogP contribution is -2.22. The van der Waals surface area contributed by atoms with Gasteiger partial charge in [0.1, 0.15) is 5.01 Å². The predicted molar refractivity (Wildman–Crippen MR) is 90.8 cm³/mol. The second-order valence-electron chi connectivity index (χ2n) is 5.35. The van der Waals surface area contributed by atoms with E-state index >= 15 is 0 Å². The number of aromatic nitrogens is 3. The summed E-state index contributed by atoms with van der Waals surface area (Å²) in [5, 5.41) is 7.19. The first-order valence-electron chi connectivity index (χ1n) is 7.66. The molecule has 0 aliphatic carbocycles. The van der Waals surface area contributed by atoms with Crippen LogP contribution < -0.4 is 15.0 Å². The van der Waals surface area contributed by atoms with Crippen molar-refractivity contribution in [2.45, 2.75) is 13.0 Å². The van der Waals surface area contributed by atoms with Crippen LogP contribution in [-0.2, 0) is 6.54 Å². The van der Waals surface area contributed by atoms with Gasteiger partial charge in [0.25, 0.3) is 5.56 Å². The summed E-state index contributed by atoms with van der Waals surface area (Å²) in [4.78, 5) is 16.2. The van der Waals surface area contributed by atoms with Gasteiger partial charge in [-0.25, -0.2) is 9.67 Å². The van der Waals surface area contributed by atoms with Gasteiger partial charge in [0.15, 0.2) is 11.5 Å². The summed E-state index contributed by atoms with van der Waals surface area (Å²) in [6, 6.07) is 8.96. The van der Waals surface area contributed by atoms with E-state index < -0.39 is 0 Å². The van der Waals surface area contributed by atoms with Gasteiger partial charge >= 0.3 is 0 Å². The minimum Gasteiger partial charge on any atom is -0.490 e. The van der Waals surface area contributed by atoms with Crippen LogP contribution in [0.5, 0.6) is 11.5 Å². The van der Waals surface area contributed by atoms with Gasteiger partial charge < -0.3 is 9.47 Å². The molecule has 0 saturated heterocycles. The highest BCUT2D eigenvalue weighted by atomic mass is 32.1. The first-order chi connectivity index (χ1) is 11.8. The third-order valence-electron chi connectivity index (χ3n) is 3.68. The van der Waals surface area contributed by atoms with Gasteiger partial charge in [-0.2, -0.15) is 5.10 Å². The standard InChI is InChI=1S/C17H15N3O3S/c21-17-5-3-13(19-20(17)11-16-18-6-9-24-16)12-2-4-14-15(10-12)23-8-1-7-22-14/h2-6,9-10H,1,7-8,11H2. The number of benzene rings is 1. The fourth-order valence-electron chi connectivity index (χ4n) is 2.50. The highest BCUT2D eigenvalue weighted by molar-refractivity contribution is 7.09. The molecule has 2 aromatic heterocycles. The van der Waals surface area contributed by atoms with Crippen molar-refractivity contribution in [2.24, 2.45) is 0 Å². The third-order valence-corrected chi connectivity index (χ3v) is 4.44. The first-order valence-corrected chi connectivity index (χ1v) is 8.54. The second kappa shape index (κ2) is 6.45. The van der Waals surface area contributed by atoms with E-state index in [2.05, 4.69) is 10.1 Å². The molecule has 4 rings (SSSR count). The van der Waals surface area contributed by atoms with E-state index in [4.69, 9.17) is 9.47 Å². The van der Waals surface area contributed by atoms with Crippen molar-refractivity contribution < 1.29 is 9.47 Å². The van der Waals surface area contributed by atoms with Crippen molar-refractivity contribution in [1.82, 2.24) is 14.8 Å². The molecule has 0 bridgehead atoms. The Kier molecular flexibility index (Phi) is 4.00. The molecule has 0 atom stereocenters. The Hall–Kier alpha value is -2.67. The predicted octanol–water partition coefficient (Wildman–Crippen LogP) is 2.58. The van der Waals surface area contributed by atoms with Crippen LogP contribution in [0.2, 0.25) is 0 Å². The van der Waals surface area contributed by atoms with E-state index in [1.165, 1.54) is 22.1 Å². The summed E-state index contributed by atoms with van der Waals surface area (Å²) in [6.07, 6.45) is 2.58. The van der Waals surface area contributed by atoms with Crippen molar-refractivity contribution in [1.29, 1.82) is 0 Å². The van der Waals surface area contributed by atoms with Crippen LogP contribution in [0.15, 0.2) is 46.7 Å². The minimum absolute atomic E-state index is 0.150. The van der Waals surface area contributed by atoms with E-state index in [-0.39, 0.29) is 5.56 Å². The Labute approximate surface area is 142 Å². The number of hydrogen-bond donors (Lipinski definition) is 0. The van der Waals surface area contributed by atoms with Crippen molar-refractivity contribution in [3.8, 4) is 22.8 Å². The molecule has 0 saturated carbocycles. The Morgan fingerprint density at radius 3 is 2.83 bits per heavy atom. The average molecular weight is 341 g/mol. The zero-order valence-corrected chi connectivity index (χ0v) is 13.7. The van der Waals surface area contributed by atoms with Crippen molar-refractivity contribution in [3.05, 3.63) is 57.3 Å². The van der Waals surface area contributed by atoms with Crippen LogP contribution in [0.3, 0.4) is 0 Å². The number of nitrogens with zero attached hydrogens (tertiary/aromatic N) is 3. The molecule has 24 heavy (non-hydrogen) atoms. The van der Waals surface area contributed by atoms with Gasteiger partial charge in [0.05, 0.1) is 25.5 Å². The Bertz CT molecular complexity index is 906. The Morgan fingerprint density at radius 1 is 1.12 bits per heavy atom. The highest BCUT2D eigenvalue weighted by Crippen LogP contribution is 2.33. The maximum absolute atomic E-state index is 12.0. The molecule has 0 amide bonds. The van der Waals surface area contributed by atoms with Crippen molar-refractivity contribution in [2.75, 3.05) is 13.2 Å². The zero-order chi connectivity index (χ0) is 16.4. The molecular weight excluding hydrogens is 326 g/mol. The SMILES string of the molecule is O=c1ccc(-c2ccc3c(c2)OCCCO3)nn1Cc1nccs1. The van der Waals surface area contributed by atoms with Crippen LogP contribution in [0, 0.1) is 0 Å². The molecule has 1 aliphatic heterocycles. The van der Waals surface area contributed by atoms with Crippen LogP contribution in [0.4, 0.5) is 0 Å². The minimum atomic E-state index is -0.150. The molecule has 7 heteroatoms. The summed E-state index contributed by atoms with van der Waals surface area (Å²) >= 11 is 1.50. The van der Waals surface area contributed by atoms with Crippen LogP contribution in [0.1, 0.15) is 11.4 Å². The Balaban J connectivity index is 1.69. The molecule has 0 spiro atoms. The number of rotatable bonds is 3. The summed E-state index contributed by atoms with van der Waals surface area (Å²) in [5.74, 6) is 1.46. The van der Waals surface area contributed by atoms with Crippen LogP contribution in [-0.4, -0.2) is 28.0 Å². The fraction of sp³-hybridized carbons (Fsp3) is 0.235. The van der Waals surface area contributed by atoms with Gasteiger partial charge in [0.2, 0.25) is 0 Å². The molecule has 6 nitrogen and oxygen atoms in total. The van der Waals surface area contributed by atoms with E-state index in [1.807, 2.05) is 23.6 Å². The Morgan fingerprint density at radius 2 is 2.00 bits per heavy atom. The summed E-state index contributed by atoms with van der Waals surface area (Å²) < 4.78 is 12.8. The molecule has 1 aliphatic rings. The number of ether oxygens (including phenoxy) is 2. The fourth-order valence-corrected chi connectivity index (χ4v) is 3.10.